The van der Waals surface area contributed by atoms with Gasteiger partial charge in [-0.05, 0) is 86.8 Å². The van der Waals surface area contributed by atoms with Crippen molar-refractivity contribution in [3.63, 3.8) is 0 Å². The average molecular weight is 449 g/mol. The number of allylic oxidation sites excluding steroid dienone is 5. The number of benzene rings is 2. The lowest BCUT2D eigenvalue weighted by molar-refractivity contribution is -0.113. The Morgan fingerprint density at radius 2 is 1.53 bits per heavy atom. The summed E-state index contributed by atoms with van der Waals surface area (Å²) in [6, 6.07) is 16.7. The van der Waals surface area contributed by atoms with Gasteiger partial charge in [0, 0.05) is 22.2 Å². The molecule has 2 aromatic rings. The standard InChI is InChI=1S/C30H28N2O2/c1-29-15-7-9-17(27(29)31-21-13-5-3-11-19(21)29)23-25(33)24(26(23)34)18-10-8-16-30(2)20-12-4-6-14-22(20)32-28(18)30/h3-6,11-14,31,33H,7-10,15-16H2,1-2H3/b24-18+. The number of aliphatic imine (C=N–C) groups is 1. The second kappa shape index (κ2) is 6.59. The molecule has 2 unspecified atom stereocenters. The first-order valence-electron chi connectivity index (χ1n) is 12.4. The van der Waals surface area contributed by atoms with E-state index in [-0.39, 0.29) is 22.4 Å². The lowest BCUT2D eigenvalue weighted by Gasteiger charge is -2.38. The Labute approximate surface area is 199 Å². The second-order valence-corrected chi connectivity index (χ2v) is 10.8. The monoisotopic (exact) mass is 448 g/mol. The van der Waals surface area contributed by atoms with Crippen LogP contribution in [0.5, 0.6) is 0 Å². The van der Waals surface area contributed by atoms with Crippen molar-refractivity contribution < 1.29 is 9.90 Å². The molecule has 4 nitrogen and oxygen atoms in total. The number of ketones is 1. The maximum atomic E-state index is 13.7. The van der Waals surface area contributed by atoms with Gasteiger partial charge in [-0.2, -0.15) is 0 Å². The Hall–Kier alpha value is -3.40. The first-order valence-corrected chi connectivity index (χ1v) is 12.4. The first kappa shape index (κ1) is 20.0. The van der Waals surface area contributed by atoms with Crippen LogP contribution in [0.25, 0.3) is 0 Å². The molecule has 1 saturated carbocycles. The van der Waals surface area contributed by atoms with E-state index >= 15 is 0 Å². The molecule has 0 aromatic heterocycles. The summed E-state index contributed by atoms with van der Waals surface area (Å²) in [5.74, 6) is 0.160. The van der Waals surface area contributed by atoms with E-state index < -0.39 is 0 Å². The first-order chi connectivity index (χ1) is 16.4. The highest BCUT2D eigenvalue weighted by atomic mass is 16.3. The average Bonchev–Trinajstić information content (AvgIpc) is 3.32. The van der Waals surface area contributed by atoms with E-state index in [2.05, 4.69) is 55.6 Å². The molecule has 4 heteroatoms. The van der Waals surface area contributed by atoms with Crippen molar-refractivity contribution in [2.75, 3.05) is 5.32 Å². The van der Waals surface area contributed by atoms with Crippen LogP contribution in [0.2, 0.25) is 0 Å². The third kappa shape index (κ3) is 2.33. The zero-order valence-corrected chi connectivity index (χ0v) is 19.7. The zero-order chi connectivity index (χ0) is 23.2. The van der Waals surface area contributed by atoms with Gasteiger partial charge in [-0.15, -0.1) is 0 Å². The number of hydrogen-bond donors (Lipinski definition) is 2. The fourth-order valence-corrected chi connectivity index (χ4v) is 7.15. The van der Waals surface area contributed by atoms with E-state index in [1.165, 1.54) is 11.1 Å². The molecule has 34 heavy (non-hydrogen) atoms. The highest BCUT2D eigenvalue weighted by Crippen LogP contribution is 2.55. The van der Waals surface area contributed by atoms with Crippen LogP contribution in [0.3, 0.4) is 0 Å². The summed E-state index contributed by atoms with van der Waals surface area (Å²) in [6.07, 6.45) is 5.64. The Bertz CT molecular complexity index is 1440. The molecule has 0 saturated heterocycles. The van der Waals surface area contributed by atoms with Gasteiger partial charge in [-0.1, -0.05) is 36.4 Å². The summed E-state index contributed by atoms with van der Waals surface area (Å²) in [6.45, 7) is 4.50. The van der Waals surface area contributed by atoms with Crippen LogP contribution in [-0.4, -0.2) is 16.6 Å². The number of rotatable bonds is 1. The van der Waals surface area contributed by atoms with E-state index in [1.54, 1.807) is 0 Å². The van der Waals surface area contributed by atoms with Crippen molar-refractivity contribution in [2.24, 2.45) is 4.99 Å². The summed E-state index contributed by atoms with van der Waals surface area (Å²) < 4.78 is 0. The molecular weight excluding hydrogens is 420 g/mol. The predicted molar refractivity (Wildman–Crippen MR) is 135 cm³/mol. The summed E-state index contributed by atoms with van der Waals surface area (Å²) in [5, 5.41) is 15.0. The number of aliphatic hydroxyl groups excluding tert-OH is 1. The Kier molecular flexibility index (Phi) is 3.88. The van der Waals surface area contributed by atoms with Crippen LogP contribution < -0.4 is 5.32 Å². The molecule has 0 radical (unpaired) electrons. The molecule has 0 amide bonds. The summed E-state index contributed by atoms with van der Waals surface area (Å²) in [7, 11) is 0. The molecule has 2 aliphatic heterocycles. The van der Waals surface area contributed by atoms with Crippen LogP contribution in [0.1, 0.15) is 63.5 Å². The highest BCUT2D eigenvalue weighted by molar-refractivity contribution is 6.27. The lowest BCUT2D eigenvalue weighted by Crippen LogP contribution is -2.38. The van der Waals surface area contributed by atoms with Crippen LogP contribution in [0.15, 0.2) is 87.3 Å². The molecule has 5 aliphatic rings. The third-order valence-corrected chi connectivity index (χ3v) is 8.91. The number of hydrogen-bond acceptors (Lipinski definition) is 4. The van der Waals surface area contributed by atoms with Crippen LogP contribution in [0, 0.1) is 0 Å². The number of aliphatic hydroxyl groups is 1. The smallest absolute Gasteiger partial charge is 0.201 e. The number of para-hydroxylation sites is 2. The summed E-state index contributed by atoms with van der Waals surface area (Å²) in [5.41, 5.74) is 9.35. The number of fused-ring (bicyclic) bond motifs is 6. The largest absolute Gasteiger partial charge is 0.506 e. The molecule has 0 spiro atoms. The molecule has 0 bridgehead atoms. The van der Waals surface area contributed by atoms with E-state index in [9.17, 15) is 9.90 Å². The topological polar surface area (TPSA) is 61.7 Å². The number of carbonyl (C=O) groups excluding carboxylic acids is 1. The maximum absolute atomic E-state index is 13.7. The van der Waals surface area contributed by atoms with Gasteiger partial charge in [0.15, 0.2) is 0 Å². The number of nitrogens with zero attached hydrogens (tertiary/aromatic N) is 1. The minimum Gasteiger partial charge on any atom is -0.506 e. The Morgan fingerprint density at radius 1 is 0.853 bits per heavy atom. The van der Waals surface area contributed by atoms with Crippen molar-refractivity contribution in [2.45, 2.75) is 63.2 Å². The Morgan fingerprint density at radius 3 is 2.32 bits per heavy atom. The highest BCUT2D eigenvalue weighted by Gasteiger charge is 2.50. The minimum absolute atomic E-state index is 0.0140. The van der Waals surface area contributed by atoms with Crippen molar-refractivity contribution in [3.05, 3.63) is 93.4 Å². The second-order valence-electron chi connectivity index (χ2n) is 10.8. The molecule has 170 valence electrons. The van der Waals surface area contributed by atoms with Gasteiger partial charge in [0.2, 0.25) is 5.78 Å². The van der Waals surface area contributed by atoms with E-state index in [0.29, 0.717) is 11.1 Å². The number of Topliss-reactive ketones (excluding diaryl/α,β-unsaturated/α-hetero) is 1. The zero-order valence-electron chi connectivity index (χ0n) is 19.7. The van der Waals surface area contributed by atoms with Gasteiger partial charge in [-0.3, -0.25) is 9.79 Å². The summed E-state index contributed by atoms with van der Waals surface area (Å²) >= 11 is 0. The molecule has 3 aliphatic carbocycles. The quantitative estimate of drug-likeness (QED) is 0.476. The summed E-state index contributed by atoms with van der Waals surface area (Å²) in [4.78, 5) is 18.7. The number of anilines is 1. The lowest BCUT2D eigenvalue weighted by atomic mass is 9.64. The van der Waals surface area contributed by atoms with Crippen LogP contribution in [0.4, 0.5) is 11.4 Å². The van der Waals surface area contributed by atoms with Gasteiger partial charge in [0.25, 0.3) is 0 Å². The van der Waals surface area contributed by atoms with E-state index in [1.807, 2.05) is 12.1 Å². The fraction of sp³-hybridized carbons (Fsp3) is 0.333. The van der Waals surface area contributed by atoms with Gasteiger partial charge in [-0.25, -0.2) is 0 Å². The van der Waals surface area contributed by atoms with Crippen molar-refractivity contribution in [1.82, 2.24) is 0 Å². The number of nitrogens with one attached hydrogen (secondary N) is 1. The van der Waals surface area contributed by atoms with Crippen molar-refractivity contribution in [1.29, 1.82) is 0 Å². The molecule has 2 aromatic carbocycles. The van der Waals surface area contributed by atoms with Gasteiger partial charge in [0.05, 0.1) is 22.5 Å². The van der Waals surface area contributed by atoms with Gasteiger partial charge >= 0.3 is 0 Å². The van der Waals surface area contributed by atoms with Gasteiger partial charge < -0.3 is 10.4 Å². The minimum atomic E-state index is -0.187. The molecule has 2 atom stereocenters. The van der Waals surface area contributed by atoms with Crippen molar-refractivity contribution >= 4 is 22.9 Å². The van der Waals surface area contributed by atoms with Crippen molar-refractivity contribution in [3.8, 4) is 0 Å². The molecule has 1 fully saturated rings. The van der Waals surface area contributed by atoms with E-state index in [4.69, 9.17) is 4.99 Å². The number of carbonyl (C=O) groups is 1. The molecule has 2 N–H and O–H groups in total. The third-order valence-electron chi connectivity index (χ3n) is 8.91. The SMILES string of the molecule is CC12CCC/C(=C3\C(=O)C(C4=C5Nc6ccccc6C5(C)CCC4)=C3O)C1=Nc1ccccc12. The predicted octanol–water partition coefficient (Wildman–Crippen LogP) is 6.73. The van der Waals surface area contributed by atoms with Gasteiger partial charge in [0.1, 0.15) is 5.76 Å². The Balaban J connectivity index is 1.36. The molecule has 7 rings (SSSR count). The van der Waals surface area contributed by atoms with E-state index in [0.717, 1.165) is 72.5 Å². The molecule has 2 heterocycles. The van der Waals surface area contributed by atoms with Crippen LogP contribution in [-0.2, 0) is 15.6 Å². The normalized spacial score (nSPS) is 31.4. The fourth-order valence-electron chi connectivity index (χ4n) is 7.15. The van der Waals surface area contributed by atoms with Crippen LogP contribution >= 0.6 is 0 Å². The molecular formula is C30H28N2O2. The maximum Gasteiger partial charge on any atom is 0.201 e.